The van der Waals surface area contributed by atoms with E-state index in [2.05, 4.69) is 66.7 Å². The highest BCUT2D eigenvalue weighted by atomic mass is 32.1. The molecule has 0 saturated carbocycles. The average molecular weight is 582 g/mol. The topological polar surface area (TPSA) is 51.8 Å². The molecule has 0 N–H and O–H groups in total. The Balaban J connectivity index is 1.17. The molecule has 44 heavy (non-hydrogen) atoms. The van der Waals surface area contributed by atoms with Crippen molar-refractivity contribution >= 4 is 53.4 Å². The summed E-state index contributed by atoms with van der Waals surface area (Å²) in [6.45, 7) is 0. The molecule has 9 aromatic rings. The molecule has 0 amide bonds. The van der Waals surface area contributed by atoms with E-state index in [9.17, 15) is 0 Å². The first-order chi connectivity index (χ1) is 21.8. The lowest BCUT2D eigenvalue weighted by Crippen LogP contribution is -1.99. The van der Waals surface area contributed by atoms with Crippen molar-refractivity contribution in [1.29, 1.82) is 0 Å². The summed E-state index contributed by atoms with van der Waals surface area (Å²) in [6, 6.07) is 48.0. The van der Waals surface area contributed by atoms with E-state index in [1.54, 1.807) is 11.3 Å². The molecule has 6 aromatic carbocycles. The second-order valence-corrected chi connectivity index (χ2v) is 11.9. The molecule has 0 radical (unpaired) electrons. The maximum Gasteiger partial charge on any atom is 0.164 e. The second kappa shape index (κ2) is 9.97. The molecule has 0 bridgehead atoms. The van der Waals surface area contributed by atoms with Crippen LogP contribution in [0.1, 0.15) is 0 Å². The Hall–Kier alpha value is -5.65. The zero-order valence-electron chi connectivity index (χ0n) is 23.4. The number of hydrogen-bond donors (Lipinski definition) is 0. The summed E-state index contributed by atoms with van der Waals surface area (Å²) < 4.78 is 8.77. The summed E-state index contributed by atoms with van der Waals surface area (Å²) in [5.74, 6) is 1.99. The third-order valence-corrected chi connectivity index (χ3v) is 9.26. The van der Waals surface area contributed by atoms with Crippen LogP contribution in [0.3, 0.4) is 0 Å². The Bertz CT molecular complexity index is 2440. The van der Waals surface area contributed by atoms with Crippen molar-refractivity contribution in [2.75, 3.05) is 0 Å². The molecule has 0 aliphatic rings. The van der Waals surface area contributed by atoms with Crippen LogP contribution in [0, 0.1) is 0 Å². The van der Waals surface area contributed by atoms with Crippen LogP contribution in [0.2, 0.25) is 0 Å². The van der Waals surface area contributed by atoms with Crippen molar-refractivity contribution in [2.24, 2.45) is 0 Å². The van der Waals surface area contributed by atoms with E-state index in [0.29, 0.717) is 17.5 Å². The molecule has 0 aliphatic carbocycles. The Morgan fingerprint density at radius 3 is 1.64 bits per heavy atom. The second-order valence-electron chi connectivity index (χ2n) is 10.8. The predicted molar refractivity (Wildman–Crippen MR) is 182 cm³/mol. The summed E-state index contributed by atoms with van der Waals surface area (Å²) in [4.78, 5) is 14.7. The van der Waals surface area contributed by atoms with Crippen LogP contribution in [0.15, 0.2) is 144 Å². The third kappa shape index (κ3) is 4.09. The maximum atomic E-state index is 6.34. The minimum absolute atomic E-state index is 0.661. The fourth-order valence-electron chi connectivity index (χ4n) is 6.00. The summed E-state index contributed by atoms with van der Waals surface area (Å²) >= 11 is 1.79. The molecule has 0 aliphatic heterocycles. The van der Waals surface area contributed by atoms with Crippen molar-refractivity contribution in [3.8, 4) is 45.3 Å². The number of aromatic nitrogens is 3. The Morgan fingerprint density at radius 1 is 0.409 bits per heavy atom. The first-order valence-corrected chi connectivity index (χ1v) is 15.3. The van der Waals surface area contributed by atoms with Gasteiger partial charge in [-0.25, -0.2) is 15.0 Å². The van der Waals surface area contributed by atoms with E-state index in [-0.39, 0.29) is 0 Å². The van der Waals surface area contributed by atoms with Crippen LogP contribution < -0.4 is 0 Å². The van der Waals surface area contributed by atoms with E-state index in [4.69, 9.17) is 19.4 Å². The lowest BCUT2D eigenvalue weighted by Gasteiger charge is -2.08. The highest BCUT2D eigenvalue weighted by molar-refractivity contribution is 7.25. The van der Waals surface area contributed by atoms with Gasteiger partial charge in [0.25, 0.3) is 0 Å². The Labute approximate surface area is 256 Å². The Kier molecular flexibility index (Phi) is 5.64. The van der Waals surface area contributed by atoms with E-state index in [1.807, 2.05) is 72.8 Å². The molecule has 3 heterocycles. The fraction of sp³-hybridized carbons (Fsp3) is 0. The minimum atomic E-state index is 0.661. The van der Waals surface area contributed by atoms with Crippen LogP contribution in [-0.2, 0) is 0 Å². The van der Waals surface area contributed by atoms with Crippen molar-refractivity contribution in [3.05, 3.63) is 140 Å². The maximum absolute atomic E-state index is 6.34. The van der Waals surface area contributed by atoms with Gasteiger partial charge < -0.3 is 4.42 Å². The number of fused-ring (bicyclic) bond motifs is 6. The molecule has 9 rings (SSSR count). The van der Waals surface area contributed by atoms with Crippen molar-refractivity contribution < 1.29 is 4.42 Å². The molecule has 3 aromatic heterocycles. The van der Waals surface area contributed by atoms with Gasteiger partial charge in [0.05, 0.1) is 0 Å². The van der Waals surface area contributed by atoms with Gasteiger partial charge >= 0.3 is 0 Å². The predicted octanol–water partition coefficient (Wildman–Crippen LogP) is 10.8. The number of nitrogens with zero attached hydrogens (tertiary/aromatic N) is 3. The molecule has 0 spiro atoms. The number of benzene rings is 6. The molecule has 0 fully saturated rings. The van der Waals surface area contributed by atoms with E-state index in [0.717, 1.165) is 49.8 Å². The lowest BCUT2D eigenvalue weighted by molar-refractivity contribution is 0.670. The molecule has 206 valence electrons. The summed E-state index contributed by atoms with van der Waals surface area (Å²) in [7, 11) is 0. The van der Waals surface area contributed by atoms with Crippen LogP contribution in [0.4, 0.5) is 0 Å². The SMILES string of the molecule is c1ccc(-c2nc(-c3ccccc3)nc(-c3ccc4c(c3)sc3cc(-c5cccc6c5oc5ccccc56)ccc34)n2)cc1. The van der Waals surface area contributed by atoms with Crippen molar-refractivity contribution in [3.63, 3.8) is 0 Å². The molecular weight excluding hydrogens is 559 g/mol. The molecular formula is C39H23N3OS. The number of rotatable bonds is 4. The average Bonchev–Trinajstić information content (AvgIpc) is 3.66. The molecule has 0 unspecified atom stereocenters. The minimum Gasteiger partial charge on any atom is -0.455 e. The van der Waals surface area contributed by atoms with Gasteiger partial charge in [-0.3, -0.25) is 0 Å². The summed E-state index contributed by atoms with van der Waals surface area (Å²) in [5.41, 5.74) is 6.97. The van der Waals surface area contributed by atoms with Gasteiger partial charge in [0.2, 0.25) is 0 Å². The largest absolute Gasteiger partial charge is 0.455 e. The number of para-hydroxylation sites is 2. The van der Waals surface area contributed by atoms with Crippen LogP contribution in [0.5, 0.6) is 0 Å². The van der Waals surface area contributed by atoms with Gasteiger partial charge in [-0.1, -0.05) is 121 Å². The van der Waals surface area contributed by atoms with Gasteiger partial charge in [-0.05, 0) is 23.8 Å². The monoisotopic (exact) mass is 581 g/mol. The summed E-state index contributed by atoms with van der Waals surface area (Å²) in [5, 5.41) is 4.75. The highest BCUT2D eigenvalue weighted by Crippen LogP contribution is 2.41. The van der Waals surface area contributed by atoms with Crippen molar-refractivity contribution in [2.45, 2.75) is 0 Å². The molecule has 0 saturated heterocycles. The van der Waals surface area contributed by atoms with E-state index in [1.165, 1.54) is 20.2 Å². The van der Waals surface area contributed by atoms with Gasteiger partial charge in [0, 0.05) is 53.2 Å². The van der Waals surface area contributed by atoms with Crippen LogP contribution in [-0.4, -0.2) is 15.0 Å². The smallest absolute Gasteiger partial charge is 0.164 e. The van der Waals surface area contributed by atoms with E-state index >= 15 is 0 Å². The number of hydrogen-bond acceptors (Lipinski definition) is 5. The Morgan fingerprint density at radius 2 is 0.955 bits per heavy atom. The zero-order valence-corrected chi connectivity index (χ0v) is 24.3. The fourth-order valence-corrected chi connectivity index (χ4v) is 7.18. The normalized spacial score (nSPS) is 11.6. The number of furan rings is 1. The first kappa shape index (κ1) is 24.9. The number of thiophene rings is 1. The first-order valence-electron chi connectivity index (χ1n) is 14.5. The van der Waals surface area contributed by atoms with Gasteiger partial charge in [-0.15, -0.1) is 11.3 Å². The highest BCUT2D eigenvalue weighted by Gasteiger charge is 2.16. The van der Waals surface area contributed by atoms with Gasteiger partial charge in [-0.2, -0.15) is 0 Å². The third-order valence-electron chi connectivity index (χ3n) is 8.15. The summed E-state index contributed by atoms with van der Waals surface area (Å²) in [6.07, 6.45) is 0. The van der Waals surface area contributed by atoms with E-state index < -0.39 is 0 Å². The zero-order chi connectivity index (χ0) is 29.0. The molecule has 4 nitrogen and oxygen atoms in total. The van der Waals surface area contributed by atoms with Crippen molar-refractivity contribution in [1.82, 2.24) is 15.0 Å². The van der Waals surface area contributed by atoms with Gasteiger partial charge in [0.15, 0.2) is 17.5 Å². The molecule has 0 atom stereocenters. The quantitative estimate of drug-likeness (QED) is 0.207. The van der Waals surface area contributed by atoms with Crippen LogP contribution >= 0.6 is 11.3 Å². The standard InChI is InChI=1S/C39H23N3OS/c1-3-10-24(11-4-1)37-40-38(25-12-5-2-6-13-25)42-39(41-37)27-19-21-31-30-20-18-26(22-34(30)44-35(31)23-27)28-15-9-16-32-29-14-7-8-17-33(29)43-36(28)32/h1-23H. The van der Waals surface area contributed by atoms with Crippen LogP contribution in [0.25, 0.3) is 87.4 Å². The van der Waals surface area contributed by atoms with Gasteiger partial charge in [0.1, 0.15) is 11.2 Å². The lowest BCUT2D eigenvalue weighted by atomic mass is 10.0. The molecule has 5 heteroatoms.